The first-order chi connectivity index (χ1) is 13.7. The highest BCUT2D eigenvalue weighted by atomic mass is 32.2. The predicted octanol–water partition coefficient (Wildman–Crippen LogP) is 4.52. The zero-order valence-electron chi connectivity index (χ0n) is 15.6. The van der Waals surface area contributed by atoms with Crippen LogP contribution in [0.25, 0.3) is 0 Å². The number of benzene rings is 2. The Labute approximate surface area is 167 Å². The number of nitrogens with one attached hydrogen (secondary N) is 1. The van der Waals surface area contributed by atoms with E-state index in [0.29, 0.717) is 13.1 Å². The molecular weight excluding hydrogens is 405 g/mol. The molecule has 2 aromatic rings. The monoisotopic (exact) mass is 426 g/mol. The van der Waals surface area contributed by atoms with Crippen molar-refractivity contribution in [3.63, 3.8) is 0 Å². The molecule has 0 aliphatic carbocycles. The third kappa shape index (κ3) is 5.16. The molecule has 0 aromatic heterocycles. The predicted molar refractivity (Wildman–Crippen MR) is 103 cm³/mol. The Morgan fingerprint density at radius 3 is 2.24 bits per heavy atom. The van der Waals surface area contributed by atoms with Gasteiger partial charge >= 0.3 is 6.18 Å². The van der Waals surface area contributed by atoms with Crippen LogP contribution in [0.5, 0.6) is 0 Å². The van der Waals surface area contributed by atoms with Crippen molar-refractivity contribution in [1.82, 2.24) is 4.31 Å². The summed E-state index contributed by atoms with van der Waals surface area (Å²) in [5.74, 6) is -0.750. The summed E-state index contributed by atoms with van der Waals surface area (Å²) in [5.41, 5.74) is -0.897. The summed E-state index contributed by atoms with van der Waals surface area (Å²) in [6.45, 7) is 0.895. The maximum absolute atomic E-state index is 12.9. The van der Waals surface area contributed by atoms with Crippen LogP contribution in [-0.2, 0) is 16.2 Å². The quantitative estimate of drug-likeness (QED) is 0.782. The Morgan fingerprint density at radius 1 is 0.931 bits per heavy atom. The molecule has 1 heterocycles. The maximum Gasteiger partial charge on any atom is 0.416 e. The van der Waals surface area contributed by atoms with Gasteiger partial charge in [0.2, 0.25) is 10.0 Å². The topological polar surface area (TPSA) is 66.5 Å². The van der Waals surface area contributed by atoms with Gasteiger partial charge in [-0.2, -0.15) is 17.5 Å². The van der Waals surface area contributed by atoms with Crippen LogP contribution in [0.15, 0.2) is 53.4 Å². The molecule has 3 rings (SSSR count). The molecule has 1 aliphatic rings. The molecule has 1 amide bonds. The van der Waals surface area contributed by atoms with Crippen LogP contribution in [0.4, 0.5) is 18.9 Å². The fraction of sp³-hybridized carbons (Fsp3) is 0.350. The van der Waals surface area contributed by atoms with Crippen molar-refractivity contribution in [2.24, 2.45) is 0 Å². The van der Waals surface area contributed by atoms with Crippen molar-refractivity contribution in [3.8, 4) is 0 Å². The molecule has 1 N–H and O–H groups in total. The summed E-state index contributed by atoms with van der Waals surface area (Å²) in [7, 11) is -3.70. The van der Waals surface area contributed by atoms with Gasteiger partial charge in [-0.15, -0.1) is 0 Å². The second kappa shape index (κ2) is 8.54. The molecule has 0 saturated carbocycles. The van der Waals surface area contributed by atoms with Crippen molar-refractivity contribution >= 4 is 21.6 Å². The smallest absolute Gasteiger partial charge is 0.322 e. The Kier molecular flexibility index (Phi) is 6.28. The van der Waals surface area contributed by atoms with Crippen molar-refractivity contribution in [3.05, 3.63) is 59.7 Å². The summed E-state index contributed by atoms with van der Waals surface area (Å²) >= 11 is 0. The van der Waals surface area contributed by atoms with Crippen LogP contribution in [0.3, 0.4) is 0 Å². The molecule has 0 unspecified atom stereocenters. The molecule has 156 valence electrons. The lowest BCUT2D eigenvalue weighted by Crippen LogP contribution is -2.32. The number of hydrogen-bond donors (Lipinski definition) is 1. The highest BCUT2D eigenvalue weighted by Gasteiger charge is 2.31. The minimum absolute atomic E-state index is 0.0428. The number of carbonyl (C=O) groups is 1. The molecule has 0 radical (unpaired) electrons. The van der Waals surface area contributed by atoms with Crippen molar-refractivity contribution < 1.29 is 26.4 Å². The number of nitrogens with zero attached hydrogens (tertiary/aromatic N) is 1. The average molecular weight is 426 g/mol. The first kappa shape index (κ1) is 21.3. The molecule has 9 heteroatoms. The fourth-order valence-corrected chi connectivity index (χ4v) is 4.77. The molecule has 0 bridgehead atoms. The standard InChI is InChI=1S/C20H21F3N2O3S/c21-20(22,23)16-8-5-7-15(13-16)19(26)24-17-9-6-10-18(14-17)29(27,28)25-11-3-1-2-4-12-25/h5-10,13-14H,1-4,11-12H2,(H,24,26). The molecule has 29 heavy (non-hydrogen) atoms. The van der Waals surface area contributed by atoms with Gasteiger partial charge in [0.05, 0.1) is 10.5 Å². The summed E-state index contributed by atoms with van der Waals surface area (Å²) in [6.07, 6.45) is -0.994. The van der Waals surface area contributed by atoms with Crippen molar-refractivity contribution in [1.29, 1.82) is 0 Å². The van der Waals surface area contributed by atoms with E-state index in [1.54, 1.807) is 0 Å². The minimum Gasteiger partial charge on any atom is -0.322 e. The minimum atomic E-state index is -4.56. The van der Waals surface area contributed by atoms with E-state index in [2.05, 4.69) is 5.32 Å². The lowest BCUT2D eigenvalue weighted by Gasteiger charge is -2.20. The van der Waals surface area contributed by atoms with Crippen molar-refractivity contribution in [2.75, 3.05) is 18.4 Å². The van der Waals surface area contributed by atoms with Gasteiger partial charge in [-0.25, -0.2) is 8.42 Å². The summed E-state index contributed by atoms with van der Waals surface area (Å²) in [6, 6.07) is 9.81. The Morgan fingerprint density at radius 2 is 1.59 bits per heavy atom. The molecule has 1 saturated heterocycles. The first-order valence-corrected chi connectivity index (χ1v) is 10.7. The summed E-state index contributed by atoms with van der Waals surface area (Å²) in [5, 5.41) is 2.48. The van der Waals surface area contributed by atoms with Gasteiger partial charge in [0.25, 0.3) is 5.91 Å². The number of anilines is 1. The van der Waals surface area contributed by atoms with E-state index in [4.69, 9.17) is 0 Å². The lowest BCUT2D eigenvalue weighted by atomic mass is 10.1. The summed E-state index contributed by atoms with van der Waals surface area (Å²) < 4.78 is 65.8. The Balaban J connectivity index is 1.80. The second-order valence-electron chi connectivity index (χ2n) is 6.88. The molecule has 2 aromatic carbocycles. The number of amides is 1. The Bertz CT molecular complexity index is 982. The van der Waals surface area contributed by atoms with Gasteiger partial charge in [0, 0.05) is 24.3 Å². The highest BCUT2D eigenvalue weighted by molar-refractivity contribution is 7.89. The second-order valence-corrected chi connectivity index (χ2v) is 8.82. The molecule has 1 aliphatic heterocycles. The van der Waals surface area contributed by atoms with Crippen LogP contribution in [0, 0.1) is 0 Å². The van der Waals surface area contributed by atoms with E-state index in [1.165, 1.54) is 34.6 Å². The van der Waals surface area contributed by atoms with Crippen molar-refractivity contribution in [2.45, 2.75) is 36.8 Å². The van der Waals surface area contributed by atoms with Crippen LogP contribution < -0.4 is 5.32 Å². The molecule has 0 atom stereocenters. The molecule has 5 nitrogen and oxygen atoms in total. The van der Waals surface area contributed by atoms with Gasteiger partial charge in [-0.1, -0.05) is 25.0 Å². The number of sulfonamides is 1. The molecule has 1 fully saturated rings. The van der Waals surface area contributed by atoms with E-state index in [1.807, 2.05) is 0 Å². The SMILES string of the molecule is O=C(Nc1cccc(S(=O)(=O)N2CCCCCC2)c1)c1cccc(C(F)(F)F)c1. The number of rotatable bonds is 4. The first-order valence-electron chi connectivity index (χ1n) is 9.27. The van der Waals surface area contributed by atoms with Crippen LogP contribution in [0.2, 0.25) is 0 Å². The van der Waals surface area contributed by atoms with E-state index in [9.17, 15) is 26.4 Å². The highest BCUT2D eigenvalue weighted by Crippen LogP contribution is 2.30. The van der Waals surface area contributed by atoms with E-state index < -0.39 is 27.7 Å². The van der Waals surface area contributed by atoms with Crippen LogP contribution >= 0.6 is 0 Å². The van der Waals surface area contributed by atoms with Crippen LogP contribution in [-0.4, -0.2) is 31.7 Å². The number of alkyl halides is 3. The fourth-order valence-electron chi connectivity index (χ4n) is 3.21. The zero-order valence-corrected chi connectivity index (χ0v) is 16.4. The van der Waals surface area contributed by atoms with Gasteiger partial charge < -0.3 is 5.32 Å². The normalized spacial score (nSPS) is 16.2. The van der Waals surface area contributed by atoms with E-state index in [0.717, 1.165) is 43.9 Å². The zero-order chi connectivity index (χ0) is 21.1. The van der Waals surface area contributed by atoms with Gasteiger partial charge in [0.1, 0.15) is 0 Å². The van der Waals surface area contributed by atoms with E-state index in [-0.39, 0.29) is 16.1 Å². The van der Waals surface area contributed by atoms with Gasteiger partial charge in [-0.05, 0) is 49.2 Å². The maximum atomic E-state index is 12.9. The number of carbonyl (C=O) groups excluding carboxylic acids is 1. The summed E-state index contributed by atoms with van der Waals surface area (Å²) in [4.78, 5) is 12.4. The molecule has 0 spiro atoms. The third-order valence-electron chi connectivity index (χ3n) is 4.75. The number of halogens is 3. The van der Waals surface area contributed by atoms with E-state index >= 15 is 0 Å². The van der Waals surface area contributed by atoms with Gasteiger partial charge in [0.15, 0.2) is 0 Å². The van der Waals surface area contributed by atoms with Crippen LogP contribution in [0.1, 0.15) is 41.6 Å². The lowest BCUT2D eigenvalue weighted by molar-refractivity contribution is -0.137. The number of hydrogen-bond acceptors (Lipinski definition) is 3. The average Bonchev–Trinajstić information content (AvgIpc) is 2.98. The Hall–Kier alpha value is -2.39. The third-order valence-corrected chi connectivity index (χ3v) is 6.64. The van der Waals surface area contributed by atoms with Gasteiger partial charge in [-0.3, -0.25) is 4.79 Å². The largest absolute Gasteiger partial charge is 0.416 e. The molecular formula is C20H21F3N2O3S.